The predicted octanol–water partition coefficient (Wildman–Crippen LogP) is 0.910. The Morgan fingerprint density at radius 2 is 2.36 bits per heavy atom. The zero-order valence-electron chi connectivity index (χ0n) is 7.74. The van der Waals surface area contributed by atoms with Gasteiger partial charge in [-0.25, -0.2) is 4.39 Å². The molecule has 1 atom stereocenters. The zero-order chi connectivity index (χ0) is 10.7. The van der Waals surface area contributed by atoms with Crippen LogP contribution in [0.5, 0.6) is 0 Å². The molecule has 0 saturated heterocycles. The molecule has 0 spiro atoms. The Bertz CT molecular complexity index is 402. The first-order valence-electron chi connectivity index (χ1n) is 4.16. The standard InChI is InChI=1S/C9H11FN2OS/c1-6(9(11)14)4-12-5-7(10)2-3-8(12)13/h2-3,5-6H,4H2,1H3,(H2,11,14). The Morgan fingerprint density at radius 3 is 2.93 bits per heavy atom. The maximum Gasteiger partial charge on any atom is 0.250 e. The first-order chi connectivity index (χ1) is 6.50. The second kappa shape index (κ2) is 4.32. The highest BCUT2D eigenvalue weighted by molar-refractivity contribution is 7.80. The molecule has 1 heterocycles. The number of halogens is 1. The minimum atomic E-state index is -0.445. The van der Waals surface area contributed by atoms with E-state index < -0.39 is 5.82 Å². The molecule has 1 aromatic heterocycles. The van der Waals surface area contributed by atoms with Gasteiger partial charge in [0.25, 0.3) is 5.56 Å². The Morgan fingerprint density at radius 1 is 1.71 bits per heavy atom. The second-order valence-electron chi connectivity index (χ2n) is 3.14. The lowest BCUT2D eigenvalue weighted by molar-refractivity contribution is 0.544. The summed E-state index contributed by atoms with van der Waals surface area (Å²) in [6.45, 7) is 2.10. The predicted molar refractivity (Wildman–Crippen MR) is 56.6 cm³/mol. The van der Waals surface area contributed by atoms with Gasteiger partial charge in [-0.2, -0.15) is 0 Å². The quantitative estimate of drug-likeness (QED) is 0.761. The van der Waals surface area contributed by atoms with E-state index in [4.69, 9.17) is 18.0 Å². The van der Waals surface area contributed by atoms with Crippen LogP contribution in [0.3, 0.4) is 0 Å². The average molecular weight is 214 g/mol. The average Bonchev–Trinajstić information content (AvgIpc) is 2.11. The number of rotatable bonds is 3. The molecule has 5 heteroatoms. The monoisotopic (exact) mass is 214 g/mol. The van der Waals surface area contributed by atoms with E-state index in [-0.39, 0.29) is 11.5 Å². The van der Waals surface area contributed by atoms with E-state index in [1.54, 1.807) is 6.92 Å². The van der Waals surface area contributed by atoms with Gasteiger partial charge in [0, 0.05) is 24.7 Å². The van der Waals surface area contributed by atoms with Gasteiger partial charge in [-0.05, 0) is 6.07 Å². The molecular weight excluding hydrogens is 203 g/mol. The molecule has 0 aliphatic rings. The van der Waals surface area contributed by atoms with Crippen LogP contribution < -0.4 is 11.3 Å². The summed E-state index contributed by atoms with van der Waals surface area (Å²) >= 11 is 4.76. The summed E-state index contributed by atoms with van der Waals surface area (Å²) in [7, 11) is 0. The van der Waals surface area contributed by atoms with E-state index in [0.717, 1.165) is 12.3 Å². The van der Waals surface area contributed by atoms with Crippen molar-refractivity contribution in [1.82, 2.24) is 4.57 Å². The number of hydrogen-bond donors (Lipinski definition) is 1. The lowest BCUT2D eigenvalue weighted by Gasteiger charge is -2.11. The van der Waals surface area contributed by atoms with Crippen molar-refractivity contribution in [1.29, 1.82) is 0 Å². The summed E-state index contributed by atoms with van der Waals surface area (Å²) in [4.78, 5) is 11.6. The van der Waals surface area contributed by atoms with Crippen molar-refractivity contribution >= 4 is 17.2 Å². The highest BCUT2D eigenvalue weighted by Crippen LogP contribution is 2.00. The smallest absolute Gasteiger partial charge is 0.250 e. The molecule has 0 fully saturated rings. The van der Waals surface area contributed by atoms with Gasteiger partial charge < -0.3 is 10.3 Å². The van der Waals surface area contributed by atoms with Crippen molar-refractivity contribution in [2.24, 2.45) is 11.7 Å². The van der Waals surface area contributed by atoms with Crippen molar-refractivity contribution < 1.29 is 4.39 Å². The molecule has 14 heavy (non-hydrogen) atoms. The van der Waals surface area contributed by atoms with E-state index >= 15 is 0 Å². The summed E-state index contributed by atoms with van der Waals surface area (Å²) in [5.41, 5.74) is 5.14. The van der Waals surface area contributed by atoms with Crippen LogP contribution in [0.1, 0.15) is 6.92 Å². The van der Waals surface area contributed by atoms with E-state index in [1.165, 1.54) is 10.6 Å². The maximum absolute atomic E-state index is 12.8. The van der Waals surface area contributed by atoms with Crippen LogP contribution in [-0.4, -0.2) is 9.56 Å². The highest BCUT2D eigenvalue weighted by Gasteiger charge is 2.07. The SMILES string of the molecule is CC(Cn1cc(F)ccc1=O)C(N)=S. The van der Waals surface area contributed by atoms with Crippen LogP contribution in [0, 0.1) is 11.7 Å². The summed E-state index contributed by atoms with van der Waals surface area (Å²) in [5.74, 6) is -0.566. The van der Waals surface area contributed by atoms with Gasteiger partial charge in [0.2, 0.25) is 0 Å². The molecule has 76 valence electrons. The van der Waals surface area contributed by atoms with Crippen molar-refractivity contribution in [3.8, 4) is 0 Å². The Labute approximate surface area is 86.3 Å². The molecule has 2 N–H and O–H groups in total. The molecule has 0 amide bonds. The number of nitrogens with zero attached hydrogens (tertiary/aromatic N) is 1. The van der Waals surface area contributed by atoms with E-state index in [2.05, 4.69) is 0 Å². The number of nitrogens with two attached hydrogens (primary N) is 1. The van der Waals surface area contributed by atoms with Gasteiger partial charge >= 0.3 is 0 Å². The topological polar surface area (TPSA) is 48.0 Å². The van der Waals surface area contributed by atoms with Gasteiger partial charge in [0.15, 0.2) is 0 Å². The maximum atomic E-state index is 12.8. The number of pyridine rings is 1. The molecule has 0 saturated carbocycles. The third-order valence-electron chi connectivity index (χ3n) is 1.90. The zero-order valence-corrected chi connectivity index (χ0v) is 8.55. The van der Waals surface area contributed by atoms with Crippen molar-refractivity contribution in [2.45, 2.75) is 13.5 Å². The normalized spacial score (nSPS) is 12.4. The molecule has 0 aliphatic heterocycles. The van der Waals surface area contributed by atoms with Crippen LogP contribution in [0.25, 0.3) is 0 Å². The summed E-state index contributed by atoms with van der Waals surface area (Å²) in [6.07, 6.45) is 1.15. The lowest BCUT2D eigenvalue weighted by Crippen LogP contribution is -2.28. The Balaban J connectivity index is 2.91. The first-order valence-corrected chi connectivity index (χ1v) is 4.57. The summed E-state index contributed by atoms with van der Waals surface area (Å²) < 4.78 is 14.0. The van der Waals surface area contributed by atoms with Crippen LogP contribution >= 0.6 is 12.2 Å². The number of hydrogen-bond acceptors (Lipinski definition) is 2. The van der Waals surface area contributed by atoms with Gasteiger partial charge in [-0.15, -0.1) is 0 Å². The molecule has 0 radical (unpaired) electrons. The van der Waals surface area contributed by atoms with E-state index in [1.807, 2.05) is 0 Å². The number of thiocarbonyl (C=S) groups is 1. The third-order valence-corrected chi connectivity index (χ3v) is 2.31. The van der Waals surface area contributed by atoms with Crippen molar-refractivity contribution in [3.05, 3.63) is 34.5 Å². The fourth-order valence-corrected chi connectivity index (χ4v) is 1.10. The van der Waals surface area contributed by atoms with E-state index in [9.17, 15) is 9.18 Å². The van der Waals surface area contributed by atoms with Crippen molar-refractivity contribution in [2.75, 3.05) is 0 Å². The van der Waals surface area contributed by atoms with Crippen LogP contribution in [0.2, 0.25) is 0 Å². The molecule has 0 bridgehead atoms. The molecule has 0 aromatic carbocycles. The molecule has 1 unspecified atom stereocenters. The summed E-state index contributed by atoms with van der Waals surface area (Å²) in [6, 6.07) is 2.31. The third kappa shape index (κ3) is 2.63. The van der Waals surface area contributed by atoms with E-state index in [0.29, 0.717) is 11.5 Å². The van der Waals surface area contributed by atoms with Crippen LogP contribution in [-0.2, 0) is 6.54 Å². The molecule has 1 rings (SSSR count). The fourth-order valence-electron chi connectivity index (χ4n) is 1.03. The first kappa shape index (κ1) is 10.8. The van der Waals surface area contributed by atoms with Crippen molar-refractivity contribution in [3.63, 3.8) is 0 Å². The Hall–Kier alpha value is -1.23. The van der Waals surface area contributed by atoms with Crippen LogP contribution in [0.15, 0.2) is 23.1 Å². The van der Waals surface area contributed by atoms with Crippen LogP contribution in [0.4, 0.5) is 4.39 Å². The highest BCUT2D eigenvalue weighted by atomic mass is 32.1. The molecule has 0 aliphatic carbocycles. The van der Waals surface area contributed by atoms with Gasteiger partial charge in [0.05, 0.1) is 4.99 Å². The molecular formula is C9H11FN2OS. The van der Waals surface area contributed by atoms with Gasteiger partial charge in [-0.1, -0.05) is 19.1 Å². The number of aromatic nitrogens is 1. The largest absolute Gasteiger partial charge is 0.393 e. The Kier molecular flexibility index (Phi) is 3.35. The molecule has 3 nitrogen and oxygen atoms in total. The molecule has 1 aromatic rings. The second-order valence-corrected chi connectivity index (χ2v) is 3.61. The minimum Gasteiger partial charge on any atom is -0.393 e. The lowest BCUT2D eigenvalue weighted by atomic mass is 10.2. The van der Waals surface area contributed by atoms with Gasteiger partial charge in [0.1, 0.15) is 5.82 Å². The van der Waals surface area contributed by atoms with Gasteiger partial charge in [-0.3, -0.25) is 4.79 Å². The summed E-state index contributed by atoms with van der Waals surface area (Å²) in [5, 5.41) is 0. The fraction of sp³-hybridized carbons (Fsp3) is 0.333. The minimum absolute atomic E-state index is 0.121.